The van der Waals surface area contributed by atoms with E-state index >= 15 is 0 Å². The number of thioether (sulfide) groups is 1. The highest BCUT2D eigenvalue weighted by Gasteiger charge is 2.32. The van der Waals surface area contributed by atoms with E-state index in [4.69, 9.17) is 4.74 Å². The molecule has 2 heterocycles. The Bertz CT molecular complexity index is 888. The molecule has 2 aromatic carbocycles. The van der Waals surface area contributed by atoms with Crippen molar-refractivity contribution >= 4 is 45.2 Å². The number of nitrogens with one attached hydrogen (secondary N) is 2. The van der Waals surface area contributed by atoms with Crippen LogP contribution in [0.1, 0.15) is 19.3 Å². The highest BCUT2D eigenvalue weighted by Crippen LogP contribution is 2.26. The second kappa shape index (κ2) is 8.10. The molecule has 2 aromatic rings. The van der Waals surface area contributed by atoms with Crippen LogP contribution in [0.25, 0.3) is 10.8 Å². The molecule has 4 rings (SSSR count). The van der Waals surface area contributed by atoms with Gasteiger partial charge in [0.1, 0.15) is 5.25 Å². The van der Waals surface area contributed by atoms with E-state index in [1.54, 1.807) is 0 Å². The largest absolute Gasteiger partial charge is 0.376 e. The number of hydrogen-bond acceptors (Lipinski definition) is 5. The van der Waals surface area contributed by atoms with E-state index < -0.39 is 5.25 Å². The molecule has 2 aliphatic rings. The average Bonchev–Trinajstić information content (AvgIpc) is 3.30. The van der Waals surface area contributed by atoms with Crippen LogP contribution in [0.3, 0.4) is 0 Å². The first-order valence-electron chi connectivity index (χ1n) is 9.10. The van der Waals surface area contributed by atoms with Crippen molar-refractivity contribution < 1.29 is 14.3 Å². The number of rotatable bonds is 5. The quantitative estimate of drug-likeness (QED) is 0.832. The summed E-state index contributed by atoms with van der Waals surface area (Å²) in [5.74, 6) is -0.349. The summed E-state index contributed by atoms with van der Waals surface area (Å²) in [5, 5.41) is 7.87. The lowest BCUT2D eigenvalue weighted by Gasteiger charge is -2.10. The minimum atomic E-state index is -0.455. The van der Waals surface area contributed by atoms with Gasteiger partial charge in [0, 0.05) is 24.1 Å². The van der Waals surface area contributed by atoms with Crippen LogP contribution in [0.2, 0.25) is 0 Å². The molecule has 6 nitrogen and oxygen atoms in total. The molecule has 2 N–H and O–H groups in total. The number of hydrogen-bond donors (Lipinski definition) is 2. The van der Waals surface area contributed by atoms with Crippen molar-refractivity contribution in [3.8, 4) is 0 Å². The van der Waals surface area contributed by atoms with E-state index in [1.165, 1.54) is 11.8 Å². The zero-order chi connectivity index (χ0) is 18.6. The van der Waals surface area contributed by atoms with Gasteiger partial charge in [0.15, 0.2) is 5.17 Å². The number of anilines is 1. The lowest BCUT2D eigenvalue weighted by molar-refractivity contribution is -0.122. The molecular formula is C20H21N3O3S. The van der Waals surface area contributed by atoms with E-state index in [2.05, 4.69) is 15.6 Å². The van der Waals surface area contributed by atoms with E-state index in [0.717, 1.165) is 35.9 Å². The Hall–Kier alpha value is -2.38. The number of fused-ring (bicyclic) bond motifs is 1. The van der Waals surface area contributed by atoms with Gasteiger partial charge in [-0.25, -0.2) is 0 Å². The molecule has 0 bridgehead atoms. The van der Waals surface area contributed by atoms with Crippen molar-refractivity contribution in [2.24, 2.45) is 4.99 Å². The summed E-state index contributed by atoms with van der Waals surface area (Å²) in [7, 11) is 0. The third-order valence-corrected chi connectivity index (χ3v) is 5.79. The molecule has 0 aromatic heterocycles. The van der Waals surface area contributed by atoms with E-state index in [1.807, 2.05) is 42.5 Å². The third kappa shape index (κ3) is 4.31. The SMILES string of the molecule is O=C(C[C@H]1SC(=NC[C@H]2CCCO2)NC1=O)Nc1cccc2ccccc12. The predicted molar refractivity (Wildman–Crippen MR) is 108 cm³/mol. The molecule has 2 fully saturated rings. The summed E-state index contributed by atoms with van der Waals surface area (Å²) in [6.45, 7) is 1.34. The number of amides is 2. The minimum Gasteiger partial charge on any atom is -0.376 e. The Morgan fingerprint density at radius 3 is 2.96 bits per heavy atom. The molecule has 0 saturated carbocycles. The van der Waals surface area contributed by atoms with Crippen molar-refractivity contribution in [2.75, 3.05) is 18.5 Å². The fraction of sp³-hybridized carbons (Fsp3) is 0.350. The maximum atomic E-state index is 12.5. The Morgan fingerprint density at radius 2 is 2.11 bits per heavy atom. The van der Waals surface area contributed by atoms with Crippen molar-refractivity contribution in [2.45, 2.75) is 30.6 Å². The van der Waals surface area contributed by atoms with Gasteiger partial charge in [-0.15, -0.1) is 0 Å². The highest BCUT2D eigenvalue weighted by atomic mass is 32.2. The molecule has 140 valence electrons. The predicted octanol–water partition coefficient (Wildman–Crippen LogP) is 2.94. The van der Waals surface area contributed by atoms with Crippen LogP contribution in [-0.4, -0.2) is 41.5 Å². The fourth-order valence-corrected chi connectivity index (χ4v) is 4.27. The molecule has 2 atom stereocenters. The smallest absolute Gasteiger partial charge is 0.240 e. The zero-order valence-electron chi connectivity index (χ0n) is 14.8. The summed E-state index contributed by atoms with van der Waals surface area (Å²) in [4.78, 5) is 29.1. The monoisotopic (exact) mass is 383 g/mol. The maximum Gasteiger partial charge on any atom is 0.240 e. The number of aliphatic imine (C=N–C) groups is 1. The van der Waals surface area contributed by atoms with Gasteiger partial charge in [-0.3, -0.25) is 14.6 Å². The molecule has 2 saturated heterocycles. The summed E-state index contributed by atoms with van der Waals surface area (Å²) < 4.78 is 5.54. The minimum absolute atomic E-state index is 0.110. The summed E-state index contributed by atoms with van der Waals surface area (Å²) in [6.07, 6.45) is 2.32. The topological polar surface area (TPSA) is 79.8 Å². The molecule has 2 aliphatic heterocycles. The molecule has 0 unspecified atom stereocenters. The van der Waals surface area contributed by atoms with Crippen molar-refractivity contribution in [1.82, 2.24) is 5.32 Å². The zero-order valence-corrected chi connectivity index (χ0v) is 15.6. The highest BCUT2D eigenvalue weighted by molar-refractivity contribution is 8.15. The van der Waals surface area contributed by atoms with Crippen molar-refractivity contribution in [3.05, 3.63) is 42.5 Å². The lowest BCUT2D eigenvalue weighted by atomic mass is 10.1. The van der Waals surface area contributed by atoms with E-state index in [9.17, 15) is 9.59 Å². The normalized spacial score (nSPS) is 23.7. The molecule has 7 heteroatoms. The molecule has 0 aliphatic carbocycles. The first-order chi connectivity index (χ1) is 13.2. The molecule has 0 radical (unpaired) electrons. The van der Waals surface area contributed by atoms with Gasteiger partial charge < -0.3 is 15.4 Å². The number of amidine groups is 1. The van der Waals surface area contributed by atoms with Crippen LogP contribution < -0.4 is 10.6 Å². The number of nitrogens with zero attached hydrogens (tertiary/aromatic N) is 1. The summed E-state index contributed by atoms with van der Waals surface area (Å²) in [5.41, 5.74) is 0.758. The average molecular weight is 383 g/mol. The van der Waals surface area contributed by atoms with Gasteiger partial charge in [-0.1, -0.05) is 48.2 Å². The van der Waals surface area contributed by atoms with Crippen LogP contribution in [0.5, 0.6) is 0 Å². The second-order valence-corrected chi connectivity index (χ2v) is 7.85. The Labute approximate surface area is 161 Å². The number of ether oxygens (including phenoxy) is 1. The van der Waals surface area contributed by atoms with E-state index in [-0.39, 0.29) is 24.3 Å². The molecule has 2 amide bonds. The van der Waals surface area contributed by atoms with Gasteiger partial charge in [0.05, 0.1) is 12.6 Å². The van der Waals surface area contributed by atoms with Crippen LogP contribution >= 0.6 is 11.8 Å². The summed E-state index contributed by atoms with van der Waals surface area (Å²) in [6, 6.07) is 13.7. The molecule has 0 spiro atoms. The Morgan fingerprint density at radius 1 is 1.26 bits per heavy atom. The fourth-order valence-electron chi connectivity index (χ4n) is 3.29. The second-order valence-electron chi connectivity index (χ2n) is 6.66. The van der Waals surface area contributed by atoms with Gasteiger partial charge in [-0.05, 0) is 24.3 Å². The molecule has 27 heavy (non-hydrogen) atoms. The van der Waals surface area contributed by atoms with Crippen LogP contribution in [-0.2, 0) is 14.3 Å². The molecular weight excluding hydrogens is 362 g/mol. The van der Waals surface area contributed by atoms with Gasteiger partial charge in [-0.2, -0.15) is 0 Å². The first kappa shape index (κ1) is 18.0. The van der Waals surface area contributed by atoms with Gasteiger partial charge in [0.2, 0.25) is 11.8 Å². The third-order valence-electron chi connectivity index (χ3n) is 4.67. The van der Waals surface area contributed by atoms with Crippen LogP contribution in [0.15, 0.2) is 47.5 Å². The number of carbonyl (C=O) groups excluding carboxylic acids is 2. The Balaban J connectivity index is 1.36. The first-order valence-corrected chi connectivity index (χ1v) is 9.98. The number of carbonyl (C=O) groups is 2. The van der Waals surface area contributed by atoms with E-state index in [0.29, 0.717) is 11.7 Å². The standard InChI is InChI=1S/C20H21N3O3S/c24-18(22-16-9-3-6-13-5-1-2-8-15(13)16)11-17-19(25)23-20(27-17)21-12-14-7-4-10-26-14/h1-3,5-6,8-9,14,17H,4,7,10-12H2,(H,22,24)(H,21,23,25)/t14-,17-/m1/s1. The maximum absolute atomic E-state index is 12.5. The Kier molecular flexibility index (Phi) is 5.40. The van der Waals surface area contributed by atoms with Crippen molar-refractivity contribution in [3.63, 3.8) is 0 Å². The van der Waals surface area contributed by atoms with Crippen LogP contribution in [0, 0.1) is 0 Å². The lowest BCUT2D eigenvalue weighted by Crippen LogP contribution is -2.28. The van der Waals surface area contributed by atoms with Crippen LogP contribution in [0.4, 0.5) is 5.69 Å². The summed E-state index contributed by atoms with van der Waals surface area (Å²) >= 11 is 1.32. The number of benzene rings is 2. The van der Waals surface area contributed by atoms with Gasteiger partial charge in [0.25, 0.3) is 0 Å². The van der Waals surface area contributed by atoms with Crippen molar-refractivity contribution in [1.29, 1.82) is 0 Å². The van der Waals surface area contributed by atoms with Gasteiger partial charge >= 0.3 is 0 Å².